The fourth-order valence-electron chi connectivity index (χ4n) is 5.41. The van der Waals surface area contributed by atoms with E-state index in [9.17, 15) is 4.79 Å². The van der Waals surface area contributed by atoms with Gasteiger partial charge >= 0.3 is 0 Å². The molecule has 1 aromatic heterocycles. The van der Waals surface area contributed by atoms with Crippen molar-refractivity contribution in [1.29, 1.82) is 0 Å². The Morgan fingerprint density at radius 2 is 1.93 bits per heavy atom. The first-order valence-electron chi connectivity index (χ1n) is 9.77. The topological polar surface area (TPSA) is 45.7 Å². The molecule has 4 aliphatic rings. The molecule has 2 bridgehead atoms. The summed E-state index contributed by atoms with van der Waals surface area (Å²) in [5.74, 6) is 1.96. The van der Waals surface area contributed by atoms with Gasteiger partial charge in [0.1, 0.15) is 11.4 Å². The van der Waals surface area contributed by atoms with Crippen LogP contribution in [0.15, 0.2) is 29.6 Å². The SMILES string of the molecule is COc1ccc([C@@H]2CN(C(=O)c3csc(C)n3)[C@@H]3C4CCN(CC4)[C@@H]32)cc1. The minimum absolute atomic E-state index is 0.110. The van der Waals surface area contributed by atoms with E-state index in [4.69, 9.17) is 4.74 Å². The zero-order chi connectivity index (χ0) is 18.5. The average Bonchev–Trinajstić information content (AvgIpc) is 3.34. The van der Waals surface area contributed by atoms with Gasteiger partial charge in [-0.05, 0) is 56.5 Å². The number of hydrogen-bond acceptors (Lipinski definition) is 5. The Morgan fingerprint density at radius 1 is 1.19 bits per heavy atom. The van der Waals surface area contributed by atoms with E-state index >= 15 is 0 Å². The molecule has 27 heavy (non-hydrogen) atoms. The highest BCUT2D eigenvalue weighted by Gasteiger charge is 2.54. The number of nitrogens with zero attached hydrogens (tertiary/aromatic N) is 3. The minimum atomic E-state index is 0.110. The largest absolute Gasteiger partial charge is 0.497 e. The van der Waals surface area contributed by atoms with Crippen molar-refractivity contribution in [3.05, 3.63) is 45.9 Å². The molecule has 0 saturated carbocycles. The summed E-state index contributed by atoms with van der Waals surface area (Å²) in [5, 5.41) is 2.86. The maximum Gasteiger partial charge on any atom is 0.273 e. The number of hydrogen-bond donors (Lipinski definition) is 0. The molecule has 0 N–H and O–H groups in total. The molecular formula is C21H25N3O2S. The third kappa shape index (κ3) is 2.77. The quantitative estimate of drug-likeness (QED) is 0.817. The van der Waals surface area contributed by atoms with Crippen LogP contribution in [0.3, 0.4) is 0 Å². The molecule has 142 valence electrons. The van der Waals surface area contributed by atoms with Crippen LogP contribution in [0.5, 0.6) is 5.75 Å². The fraction of sp³-hybridized carbons (Fsp3) is 0.524. The van der Waals surface area contributed by atoms with Crippen LogP contribution >= 0.6 is 11.3 Å². The zero-order valence-corrected chi connectivity index (χ0v) is 16.6. The van der Waals surface area contributed by atoms with Gasteiger partial charge in [-0.3, -0.25) is 9.69 Å². The normalized spacial score (nSPS) is 31.8. The lowest BCUT2D eigenvalue weighted by molar-refractivity contribution is -0.00356. The third-order valence-electron chi connectivity index (χ3n) is 6.64. The number of ether oxygens (including phenoxy) is 1. The molecule has 1 aromatic carbocycles. The molecule has 5 heterocycles. The molecule has 6 heteroatoms. The van der Waals surface area contributed by atoms with E-state index in [0.29, 0.717) is 29.6 Å². The number of piperidine rings is 3. The standard InChI is InChI=1S/C21H25N3O2S/c1-13-22-18(12-27-13)21(25)24-11-17(14-3-5-16(26-2)6-4-14)20-19(24)15-7-9-23(20)10-8-15/h3-6,12,15,17,19-20H,7-11H2,1-2H3/t17-,19+,20+/m0/s1. The molecule has 5 nitrogen and oxygen atoms in total. The van der Waals surface area contributed by atoms with E-state index in [0.717, 1.165) is 30.4 Å². The lowest BCUT2D eigenvalue weighted by Gasteiger charge is -2.51. The Kier molecular flexibility index (Phi) is 4.20. The molecule has 4 fully saturated rings. The second kappa shape index (κ2) is 6.60. The van der Waals surface area contributed by atoms with Crippen molar-refractivity contribution in [3.8, 4) is 5.75 Å². The lowest BCUT2D eigenvalue weighted by atomic mass is 9.75. The van der Waals surface area contributed by atoms with Crippen molar-refractivity contribution in [2.45, 2.75) is 37.8 Å². The Morgan fingerprint density at radius 3 is 2.56 bits per heavy atom. The number of methoxy groups -OCH3 is 1. The van der Waals surface area contributed by atoms with Crippen LogP contribution in [0.4, 0.5) is 0 Å². The molecule has 4 saturated heterocycles. The summed E-state index contributed by atoms with van der Waals surface area (Å²) in [5.41, 5.74) is 1.92. The van der Waals surface area contributed by atoms with Gasteiger partial charge < -0.3 is 9.64 Å². The molecular weight excluding hydrogens is 358 g/mol. The zero-order valence-electron chi connectivity index (χ0n) is 15.8. The number of rotatable bonds is 3. The first-order valence-corrected chi connectivity index (χ1v) is 10.6. The fourth-order valence-corrected chi connectivity index (χ4v) is 5.99. The highest BCUT2D eigenvalue weighted by atomic mass is 32.1. The summed E-state index contributed by atoms with van der Waals surface area (Å²) >= 11 is 1.55. The second-order valence-electron chi connectivity index (χ2n) is 7.94. The predicted octanol–water partition coefficient (Wildman–Crippen LogP) is 3.16. The predicted molar refractivity (Wildman–Crippen MR) is 105 cm³/mol. The van der Waals surface area contributed by atoms with Gasteiger partial charge in [-0.2, -0.15) is 0 Å². The summed E-state index contributed by atoms with van der Waals surface area (Å²) < 4.78 is 5.33. The van der Waals surface area contributed by atoms with Gasteiger partial charge in [0.25, 0.3) is 5.91 Å². The molecule has 0 radical (unpaired) electrons. The Labute approximate surface area is 164 Å². The number of amides is 1. The maximum atomic E-state index is 13.3. The molecule has 0 spiro atoms. The smallest absolute Gasteiger partial charge is 0.273 e. The summed E-state index contributed by atoms with van der Waals surface area (Å²) in [4.78, 5) is 22.5. The van der Waals surface area contributed by atoms with E-state index in [1.54, 1.807) is 18.4 Å². The molecule has 2 aromatic rings. The van der Waals surface area contributed by atoms with E-state index in [1.165, 1.54) is 18.4 Å². The van der Waals surface area contributed by atoms with Gasteiger partial charge in [0, 0.05) is 23.9 Å². The summed E-state index contributed by atoms with van der Waals surface area (Å²) in [7, 11) is 1.70. The number of fused-ring (bicyclic) bond motifs is 2. The van der Waals surface area contributed by atoms with E-state index in [1.807, 2.05) is 24.4 Å². The maximum absolute atomic E-state index is 13.3. The average molecular weight is 384 g/mol. The van der Waals surface area contributed by atoms with Crippen LogP contribution in [-0.4, -0.2) is 59.5 Å². The van der Waals surface area contributed by atoms with Gasteiger partial charge in [0.2, 0.25) is 0 Å². The Bertz CT molecular complexity index is 841. The highest BCUT2D eigenvalue weighted by Crippen LogP contribution is 2.47. The monoisotopic (exact) mass is 383 g/mol. The molecule has 0 aliphatic carbocycles. The number of likely N-dealkylation sites (tertiary alicyclic amines) is 1. The van der Waals surface area contributed by atoms with Crippen LogP contribution in [0.1, 0.15) is 39.8 Å². The van der Waals surface area contributed by atoms with Crippen molar-refractivity contribution in [3.63, 3.8) is 0 Å². The first-order chi connectivity index (χ1) is 13.2. The Hall–Kier alpha value is -1.92. The van der Waals surface area contributed by atoms with Gasteiger partial charge in [0.05, 0.1) is 18.2 Å². The lowest BCUT2D eigenvalue weighted by Crippen LogP contribution is -2.60. The molecule has 4 aliphatic heterocycles. The van der Waals surface area contributed by atoms with Crippen LogP contribution in [0.25, 0.3) is 0 Å². The first kappa shape index (κ1) is 17.2. The number of carbonyl (C=O) groups is 1. The van der Waals surface area contributed by atoms with Gasteiger partial charge in [-0.1, -0.05) is 12.1 Å². The summed E-state index contributed by atoms with van der Waals surface area (Å²) in [6, 6.07) is 9.16. The van der Waals surface area contributed by atoms with E-state index in [-0.39, 0.29) is 5.91 Å². The molecule has 3 atom stereocenters. The van der Waals surface area contributed by atoms with Crippen molar-refractivity contribution in [2.75, 3.05) is 26.7 Å². The van der Waals surface area contributed by atoms with E-state index in [2.05, 4.69) is 26.9 Å². The van der Waals surface area contributed by atoms with Crippen LogP contribution in [0, 0.1) is 12.8 Å². The van der Waals surface area contributed by atoms with Gasteiger partial charge in [-0.15, -0.1) is 11.3 Å². The van der Waals surface area contributed by atoms with Crippen LogP contribution < -0.4 is 4.74 Å². The summed E-state index contributed by atoms with van der Waals surface area (Å²) in [6.45, 7) is 5.07. The highest BCUT2D eigenvalue weighted by molar-refractivity contribution is 7.09. The Balaban J connectivity index is 1.50. The number of thiazole rings is 1. The van der Waals surface area contributed by atoms with E-state index < -0.39 is 0 Å². The van der Waals surface area contributed by atoms with Crippen molar-refractivity contribution in [2.24, 2.45) is 5.92 Å². The van der Waals surface area contributed by atoms with Crippen LogP contribution in [-0.2, 0) is 0 Å². The van der Waals surface area contributed by atoms with Crippen molar-refractivity contribution < 1.29 is 9.53 Å². The number of aryl methyl sites for hydroxylation is 1. The van der Waals surface area contributed by atoms with Crippen molar-refractivity contribution >= 4 is 17.2 Å². The van der Waals surface area contributed by atoms with Gasteiger partial charge in [-0.25, -0.2) is 4.98 Å². The van der Waals surface area contributed by atoms with Crippen molar-refractivity contribution in [1.82, 2.24) is 14.8 Å². The van der Waals surface area contributed by atoms with Gasteiger partial charge in [0.15, 0.2) is 0 Å². The third-order valence-corrected chi connectivity index (χ3v) is 7.41. The number of aromatic nitrogens is 1. The molecule has 6 rings (SSSR count). The molecule has 1 amide bonds. The molecule has 0 unspecified atom stereocenters. The number of carbonyl (C=O) groups excluding carboxylic acids is 1. The minimum Gasteiger partial charge on any atom is -0.497 e. The number of benzene rings is 1. The van der Waals surface area contributed by atoms with Crippen LogP contribution in [0.2, 0.25) is 0 Å². The second-order valence-corrected chi connectivity index (χ2v) is 9.01. The summed E-state index contributed by atoms with van der Waals surface area (Å²) in [6.07, 6.45) is 2.41.